The summed E-state index contributed by atoms with van der Waals surface area (Å²) in [6.07, 6.45) is 8.53. The molecule has 1 aliphatic carbocycles. The largest absolute Gasteiger partial charge is 0.314 e. The molecule has 0 heterocycles. The Bertz CT molecular complexity index is 144. The van der Waals surface area contributed by atoms with Gasteiger partial charge in [-0.1, -0.05) is 46.5 Å². The predicted octanol–water partition coefficient (Wildman–Crippen LogP) is 3.59. The minimum atomic E-state index is 0.807. The lowest BCUT2D eigenvalue weighted by atomic mass is 9.85. The van der Waals surface area contributed by atoms with E-state index in [4.69, 9.17) is 0 Å². The van der Waals surface area contributed by atoms with Crippen molar-refractivity contribution in [2.45, 2.75) is 65.3 Å². The molecule has 1 rings (SSSR count). The summed E-state index contributed by atoms with van der Waals surface area (Å²) in [6, 6.07) is 0.807. The minimum absolute atomic E-state index is 0.807. The van der Waals surface area contributed by atoms with Gasteiger partial charge in [0.2, 0.25) is 0 Å². The SMILES string of the molecule is CCNC1CCCCC(C(C)CC)C1. The monoisotopic (exact) mass is 197 g/mol. The van der Waals surface area contributed by atoms with Crippen LogP contribution >= 0.6 is 0 Å². The molecule has 14 heavy (non-hydrogen) atoms. The summed E-state index contributed by atoms with van der Waals surface area (Å²) in [5.41, 5.74) is 0. The molecule has 0 aromatic rings. The maximum Gasteiger partial charge on any atom is 0.00696 e. The van der Waals surface area contributed by atoms with Crippen molar-refractivity contribution in [2.75, 3.05) is 6.54 Å². The first kappa shape index (κ1) is 12.0. The van der Waals surface area contributed by atoms with Gasteiger partial charge in [-0.15, -0.1) is 0 Å². The van der Waals surface area contributed by atoms with E-state index in [1.165, 1.54) is 38.5 Å². The third kappa shape index (κ3) is 3.61. The first-order valence-corrected chi connectivity index (χ1v) is 6.51. The zero-order chi connectivity index (χ0) is 10.4. The molecule has 0 saturated heterocycles. The van der Waals surface area contributed by atoms with E-state index in [9.17, 15) is 0 Å². The smallest absolute Gasteiger partial charge is 0.00696 e. The van der Waals surface area contributed by atoms with Crippen LogP contribution in [0, 0.1) is 11.8 Å². The highest BCUT2D eigenvalue weighted by atomic mass is 14.9. The fourth-order valence-corrected chi connectivity index (χ4v) is 2.72. The van der Waals surface area contributed by atoms with Gasteiger partial charge in [0, 0.05) is 6.04 Å². The van der Waals surface area contributed by atoms with Crippen molar-refractivity contribution >= 4 is 0 Å². The number of hydrogen-bond acceptors (Lipinski definition) is 1. The molecule has 0 aromatic carbocycles. The number of nitrogens with one attached hydrogen (secondary N) is 1. The van der Waals surface area contributed by atoms with Crippen LogP contribution in [0.25, 0.3) is 0 Å². The van der Waals surface area contributed by atoms with Gasteiger partial charge in [0.1, 0.15) is 0 Å². The average molecular weight is 197 g/mol. The van der Waals surface area contributed by atoms with Gasteiger partial charge < -0.3 is 5.32 Å². The van der Waals surface area contributed by atoms with Crippen LogP contribution < -0.4 is 5.32 Å². The maximum atomic E-state index is 3.63. The van der Waals surface area contributed by atoms with Crippen LogP contribution in [0.2, 0.25) is 0 Å². The lowest BCUT2D eigenvalue weighted by Crippen LogP contribution is -2.31. The van der Waals surface area contributed by atoms with E-state index in [-0.39, 0.29) is 0 Å². The molecule has 1 N–H and O–H groups in total. The van der Waals surface area contributed by atoms with E-state index in [1.807, 2.05) is 0 Å². The highest BCUT2D eigenvalue weighted by Gasteiger charge is 2.22. The van der Waals surface area contributed by atoms with Crippen molar-refractivity contribution in [1.82, 2.24) is 5.32 Å². The second-order valence-corrected chi connectivity index (χ2v) is 4.92. The van der Waals surface area contributed by atoms with Crippen LogP contribution in [0.15, 0.2) is 0 Å². The van der Waals surface area contributed by atoms with E-state index in [0.717, 1.165) is 24.4 Å². The predicted molar refractivity (Wildman–Crippen MR) is 63.5 cm³/mol. The summed E-state index contributed by atoms with van der Waals surface area (Å²) < 4.78 is 0. The van der Waals surface area contributed by atoms with Gasteiger partial charge >= 0.3 is 0 Å². The second kappa shape index (κ2) is 6.44. The van der Waals surface area contributed by atoms with Gasteiger partial charge in [0.25, 0.3) is 0 Å². The summed E-state index contributed by atoms with van der Waals surface area (Å²) in [6.45, 7) is 8.12. The van der Waals surface area contributed by atoms with Gasteiger partial charge in [-0.3, -0.25) is 0 Å². The summed E-state index contributed by atoms with van der Waals surface area (Å²) in [5.74, 6) is 1.90. The Morgan fingerprint density at radius 2 is 1.93 bits per heavy atom. The van der Waals surface area contributed by atoms with Crippen LogP contribution in [0.3, 0.4) is 0 Å². The molecule has 1 aliphatic rings. The fourth-order valence-electron chi connectivity index (χ4n) is 2.72. The lowest BCUT2D eigenvalue weighted by Gasteiger charge is -2.25. The zero-order valence-electron chi connectivity index (χ0n) is 10.2. The lowest BCUT2D eigenvalue weighted by molar-refractivity contribution is 0.287. The molecule has 0 aliphatic heterocycles. The van der Waals surface area contributed by atoms with Gasteiger partial charge in [0.05, 0.1) is 0 Å². The Balaban J connectivity index is 2.42. The summed E-state index contributed by atoms with van der Waals surface area (Å²) in [5, 5.41) is 3.63. The van der Waals surface area contributed by atoms with E-state index in [1.54, 1.807) is 0 Å². The molecule has 3 unspecified atom stereocenters. The highest BCUT2D eigenvalue weighted by Crippen LogP contribution is 2.30. The Morgan fingerprint density at radius 1 is 1.21 bits per heavy atom. The van der Waals surface area contributed by atoms with E-state index in [0.29, 0.717) is 0 Å². The molecule has 0 aromatic heterocycles. The second-order valence-electron chi connectivity index (χ2n) is 4.92. The van der Waals surface area contributed by atoms with Crippen molar-refractivity contribution in [3.8, 4) is 0 Å². The minimum Gasteiger partial charge on any atom is -0.314 e. The highest BCUT2D eigenvalue weighted by molar-refractivity contribution is 4.78. The Kier molecular flexibility index (Phi) is 5.54. The van der Waals surface area contributed by atoms with Crippen LogP contribution in [0.4, 0.5) is 0 Å². The fraction of sp³-hybridized carbons (Fsp3) is 1.00. The third-order valence-electron chi connectivity index (χ3n) is 3.91. The third-order valence-corrected chi connectivity index (χ3v) is 3.91. The first-order valence-electron chi connectivity index (χ1n) is 6.51. The van der Waals surface area contributed by atoms with E-state index in [2.05, 4.69) is 26.1 Å². The molecule has 0 bridgehead atoms. The summed E-state index contributed by atoms with van der Waals surface area (Å²) in [7, 11) is 0. The Labute approximate surface area is 89.7 Å². The van der Waals surface area contributed by atoms with Crippen molar-refractivity contribution in [3.63, 3.8) is 0 Å². The molecule has 1 fully saturated rings. The summed E-state index contributed by atoms with van der Waals surface area (Å²) >= 11 is 0. The first-order chi connectivity index (χ1) is 6.77. The van der Waals surface area contributed by atoms with Gasteiger partial charge in [-0.2, -0.15) is 0 Å². The molecule has 1 heteroatoms. The van der Waals surface area contributed by atoms with Crippen molar-refractivity contribution < 1.29 is 0 Å². The van der Waals surface area contributed by atoms with Gasteiger partial charge in [-0.25, -0.2) is 0 Å². The van der Waals surface area contributed by atoms with Crippen LogP contribution in [-0.4, -0.2) is 12.6 Å². The van der Waals surface area contributed by atoms with E-state index >= 15 is 0 Å². The molecule has 3 atom stereocenters. The molecular weight excluding hydrogens is 170 g/mol. The molecule has 0 spiro atoms. The topological polar surface area (TPSA) is 12.0 Å². The van der Waals surface area contributed by atoms with E-state index < -0.39 is 0 Å². The average Bonchev–Trinajstić information content (AvgIpc) is 2.43. The van der Waals surface area contributed by atoms with Crippen LogP contribution in [0.1, 0.15) is 59.3 Å². The summed E-state index contributed by atoms with van der Waals surface area (Å²) in [4.78, 5) is 0. The molecule has 1 nitrogen and oxygen atoms in total. The molecule has 84 valence electrons. The van der Waals surface area contributed by atoms with Crippen LogP contribution in [-0.2, 0) is 0 Å². The van der Waals surface area contributed by atoms with Crippen molar-refractivity contribution in [1.29, 1.82) is 0 Å². The molecule has 0 radical (unpaired) electrons. The Morgan fingerprint density at radius 3 is 2.57 bits per heavy atom. The van der Waals surface area contributed by atoms with Crippen LogP contribution in [0.5, 0.6) is 0 Å². The normalized spacial score (nSPS) is 31.1. The quantitative estimate of drug-likeness (QED) is 0.679. The van der Waals surface area contributed by atoms with Crippen molar-refractivity contribution in [3.05, 3.63) is 0 Å². The van der Waals surface area contributed by atoms with Gasteiger partial charge in [0.15, 0.2) is 0 Å². The zero-order valence-corrected chi connectivity index (χ0v) is 10.2. The number of rotatable bonds is 4. The molecular formula is C13H27N. The Hall–Kier alpha value is -0.0400. The van der Waals surface area contributed by atoms with Crippen molar-refractivity contribution in [2.24, 2.45) is 11.8 Å². The maximum absolute atomic E-state index is 3.63. The number of hydrogen-bond donors (Lipinski definition) is 1. The van der Waals surface area contributed by atoms with Gasteiger partial charge in [-0.05, 0) is 31.2 Å². The standard InChI is InChI=1S/C13H27N/c1-4-11(3)12-8-6-7-9-13(10-12)14-5-2/h11-14H,4-10H2,1-3H3. The molecule has 0 amide bonds. The molecule has 1 saturated carbocycles.